The van der Waals surface area contributed by atoms with Crippen LogP contribution in [0, 0.1) is 5.92 Å². The van der Waals surface area contributed by atoms with E-state index in [1.807, 2.05) is 44.2 Å². The first kappa shape index (κ1) is 34.4. The Hall–Kier alpha value is -2.12. The topological polar surface area (TPSA) is 73.2 Å². The van der Waals surface area contributed by atoms with Crippen LogP contribution in [0.4, 0.5) is 0 Å². The number of hydrogen-bond donors (Lipinski definition) is 1. The first-order chi connectivity index (χ1) is 19.6. The minimum absolute atomic E-state index is 0. The first-order valence-electron chi connectivity index (χ1n) is 14.0. The Morgan fingerprint density at radius 1 is 1.07 bits per heavy atom. The molecule has 7 heteroatoms. The Balaban J connectivity index is 0.000000911. The summed E-state index contributed by atoms with van der Waals surface area (Å²) in [6.45, 7) is 4.72. The quantitative estimate of drug-likeness (QED) is 0.260. The summed E-state index contributed by atoms with van der Waals surface area (Å²) in [4.78, 5) is 13.6. The fourth-order valence-electron chi connectivity index (χ4n) is 4.75. The van der Waals surface area contributed by atoms with Crippen molar-refractivity contribution in [3.05, 3.63) is 112 Å². The summed E-state index contributed by atoms with van der Waals surface area (Å²) in [6, 6.07) is 27.2. The first-order valence-corrected chi connectivity index (χ1v) is 15.5. The monoisotopic (exact) mass is 609 g/mol. The molecular weight excluding hydrogens is 573 g/mol. The molecule has 1 aromatic heterocycles. The van der Waals surface area contributed by atoms with Crippen molar-refractivity contribution in [2.45, 2.75) is 57.3 Å². The number of aliphatic carboxylic acids is 1. The van der Waals surface area contributed by atoms with Crippen molar-refractivity contribution < 1.29 is 44.6 Å². The summed E-state index contributed by atoms with van der Waals surface area (Å²) in [5.74, 6) is 1.02. The summed E-state index contributed by atoms with van der Waals surface area (Å²) in [5.41, 5.74) is 5.81. The summed E-state index contributed by atoms with van der Waals surface area (Å²) < 4.78 is 0. The average Bonchev–Trinajstić information content (AvgIpc) is 3.76. The van der Waals surface area contributed by atoms with Crippen molar-refractivity contribution in [3.8, 4) is 0 Å². The molecule has 0 radical (unpaired) electrons. The molecule has 0 amide bonds. The van der Waals surface area contributed by atoms with Crippen LogP contribution in [-0.2, 0) is 16.8 Å². The molecule has 1 aliphatic carbocycles. The largest absolute Gasteiger partial charge is 1.00 e. The minimum Gasteiger partial charge on any atom is -0.550 e. The molecule has 1 aliphatic rings. The molecule has 0 aliphatic heterocycles. The predicted molar refractivity (Wildman–Crippen MR) is 171 cm³/mol. The number of hydrogen-bond acceptors (Lipinski definition) is 5. The maximum absolute atomic E-state index is 10.7. The summed E-state index contributed by atoms with van der Waals surface area (Å²) in [7, 11) is 0. The van der Waals surface area contributed by atoms with Gasteiger partial charge in [0.15, 0.2) is 0 Å². The van der Waals surface area contributed by atoms with Crippen molar-refractivity contribution in [2.75, 3.05) is 5.75 Å². The van der Waals surface area contributed by atoms with E-state index in [1.54, 1.807) is 0 Å². The van der Waals surface area contributed by atoms with Gasteiger partial charge in [-0.1, -0.05) is 78.3 Å². The smallest absolute Gasteiger partial charge is 0.550 e. The number of nitrogens with zero attached hydrogens (tertiary/aromatic N) is 1. The number of carbonyl (C=O) groups is 1. The molecule has 214 valence electrons. The molecule has 1 saturated carbocycles. The van der Waals surface area contributed by atoms with Gasteiger partial charge < -0.3 is 15.0 Å². The Kier molecular flexibility index (Phi) is 13.2. The van der Waals surface area contributed by atoms with Crippen molar-refractivity contribution in [1.29, 1.82) is 0 Å². The van der Waals surface area contributed by atoms with E-state index in [4.69, 9.17) is 26.5 Å². The third-order valence-electron chi connectivity index (χ3n) is 6.99. The van der Waals surface area contributed by atoms with Crippen molar-refractivity contribution >= 4 is 52.4 Å². The van der Waals surface area contributed by atoms with Crippen LogP contribution in [0.5, 0.6) is 0 Å². The fraction of sp³-hybridized carbons (Fsp3) is 0.314. The maximum atomic E-state index is 10.7. The molecule has 5 rings (SSSR count). The Bertz CT molecular complexity index is 1510. The van der Waals surface area contributed by atoms with Crippen LogP contribution in [0.1, 0.15) is 73.2 Å². The van der Waals surface area contributed by atoms with Crippen molar-refractivity contribution in [2.24, 2.45) is 5.92 Å². The van der Waals surface area contributed by atoms with E-state index in [0.29, 0.717) is 10.3 Å². The Morgan fingerprint density at radius 3 is 2.50 bits per heavy atom. The number of fused-ring (bicyclic) bond motifs is 1. The van der Waals surface area contributed by atoms with E-state index < -0.39 is 11.6 Å². The van der Waals surface area contributed by atoms with E-state index in [0.717, 1.165) is 47.8 Å². The Labute approximate surface area is 280 Å². The Morgan fingerprint density at radius 2 is 1.79 bits per heavy atom. The van der Waals surface area contributed by atoms with E-state index in [-0.39, 0.29) is 29.6 Å². The van der Waals surface area contributed by atoms with Gasteiger partial charge in [0.2, 0.25) is 0 Å². The molecule has 1 fully saturated rings. The molecule has 3 aromatic carbocycles. The minimum atomic E-state index is -1.08. The molecular formula is C35H37ClNNaO3S. The molecule has 0 saturated heterocycles. The van der Waals surface area contributed by atoms with Gasteiger partial charge in [-0.05, 0) is 105 Å². The number of carbonyl (C=O) groups excluding carboxylic acids is 1. The van der Waals surface area contributed by atoms with Crippen LogP contribution >= 0.6 is 23.4 Å². The van der Waals surface area contributed by atoms with Crippen LogP contribution in [-0.4, -0.2) is 21.8 Å². The third kappa shape index (κ3) is 10.9. The van der Waals surface area contributed by atoms with Gasteiger partial charge in [0.1, 0.15) is 0 Å². The summed E-state index contributed by atoms with van der Waals surface area (Å²) in [5, 5.41) is 21.8. The molecule has 4 aromatic rings. The molecule has 1 unspecified atom stereocenters. The number of aromatic nitrogens is 1. The second kappa shape index (κ2) is 16.1. The van der Waals surface area contributed by atoms with E-state index in [9.17, 15) is 5.11 Å². The maximum Gasteiger partial charge on any atom is 1.00 e. The van der Waals surface area contributed by atoms with Gasteiger partial charge in [-0.25, -0.2) is 4.98 Å². The summed E-state index contributed by atoms with van der Waals surface area (Å²) >= 11 is 8.26. The zero-order valence-corrected chi connectivity index (χ0v) is 28.4. The van der Waals surface area contributed by atoms with Crippen LogP contribution in [0.25, 0.3) is 23.1 Å². The number of aliphatic hydroxyl groups is 1. The number of pyridine rings is 1. The normalized spacial score (nSPS) is 13.7. The molecule has 0 bridgehead atoms. The second-order valence-electron chi connectivity index (χ2n) is 11.1. The summed E-state index contributed by atoms with van der Waals surface area (Å²) in [6.07, 6.45) is 8.96. The third-order valence-corrected chi connectivity index (χ3v) is 8.80. The number of carboxylic acids is 1. The number of aryl methyl sites for hydroxylation is 1. The van der Waals surface area contributed by atoms with Gasteiger partial charge in [-0.3, -0.25) is 0 Å². The van der Waals surface area contributed by atoms with Crippen LogP contribution in [0.2, 0.25) is 5.02 Å². The predicted octanol–water partition coefficient (Wildman–Crippen LogP) is 4.86. The van der Waals surface area contributed by atoms with Crippen LogP contribution in [0.15, 0.2) is 78.9 Å². The number of thioether (sulfide) groups is 1. The molecule has 1 atom stereocenters. The van der Waals surface area contributed by atoms with Gasteiger partial charge in [0.05, 0.1) is 16.8 Å². The molecule has 1 heterocycles. The molecule has 0 spiro atoms. The van der Waals surface area contributed by atoms with Gasteiger partial charge in [-0.15, -0.1) is 0 Å². The van der Waals surface area contributed by atoms with Crippen LogP contribution in [0.3, 0.4) is 0 Å². The SMILES string of the molecule is CC(=O)[O-].CC(C)(O)c1ccccc1CCC(SCC1CC1)c1cccc(C=Cc2ccc3ccc(Cl)cc3n2)c1.[Na+]. The molecule has 42 heavy (non-hydrogen) atoms. The molecule has 4 nitrogen and oxygen atoms in total. The molecule has 1 N–H and O–H groups in total. The number of halogens is 1. The second-order valence-corrected chi connectivity index (χ2v) is 12.8. The zero-order chi connectivity index (χ0) is 29.4. The fourth-order valence-corrected chi connectivity index (χ4v) is 6.38. The number of benzene rings is 3. The van der Waals surface area contributed by atoms with Gasteiger partial charge >= 0.3 is 29.6 Å². The van der Waals surface area contributed by atoms with E-state index >= 15 is 0 Å². The van der Waals surface area contributed by atoms with Crippen molar-refractivity contribution in [3.63, 3.8) is 0 Å². The van der Waals surface area contributed by atoms with Gasteiger partial charge in [0.25, 0.3) is 0 Å². The number of carboxylic acid groups (broad SMARTS) is 1. The van der Waals surface area contributed by atoms with Gasteiger partial charge in [0, 0.05) is 21.6 Å². The van der Waals surface area contributed by atoms with Gasteiger partial charge in [-0.2, -0.15) is 11.8 Å². The standard InChI is InChI=1S/C33H34ClNOS.C2H4O2.Na/c1-33(2,36)30-9-4-3-7-25(30)15-19-32(37-22-24-10-11-24)27-8-5-6-23(20-27)12-17-29-18-14-26-13-16-28(34)21-31(26)35-29;1-2(3)4;/h3-9,12-14,16-18,20-21,24,32,36H,10-11,15,19,22H2,1-2H3;1H3,(H,3,4);/q;;+1/p-1. The average molecular weight is 610 g/mol. The van der Waals surface area contributed by atoms with Crippen LogP contribution < -0.4 is 34.7 Å². The zero-order valence-electron chi connectivity index (χ0n) is 24.8. The van der Waals surface area contributed by atoms with E-state index in [1.165, 1.54) is 35.3 Å². The number of rotatable bonds is 10. The van der Waals surface area contributed by atoms with Crippen molar-refractivity contribution in [1.82, 2.24) is 4.98 Å². The van der Waals surface area contributed by atoms with E-state index in [2.05, 4.69) is 72.4 Å².